The first-order chi connectivity index (χ1) is 12.5. The predicted octanol–water partition coefficient (Wildman–Crippen LogP) is 5.36. The Morgan fingerprint density at radius 3 is 2.00 bits per heavy atom. The van der Waals surface area contributed by atoms with E-state index >= 15 is 0 Å². The normalized spacial score (nSPS) is 16.3. The average Bonchev–Trinajstić information content (AvgIpc) is 3.38. The zero-order chi connectivity index (χ0) is 18.3. The van der Waals surface area contributed by atoms with Crippen LogP contribution < -0.4 is 10.2 Å². The third-order valence-electron chi connectivity index (χ3n) is 5.57. The van der Waals surface area contributed by atoms with E-state index in [2.05, 4.69) is 56.4 Å². The second-order valence-electron chi connectivity index (χ2n) is 7.50. The van der Waals surface area contributed by atoms with Gasteiger partial charge in [-0.05, 0) is 59.5 Å². The Bertz CT molecular complexity index is 905. The molecule has 4 rings (SSSR count). The third kappa shape index (κ3) is 3.11. The molecule has 0 aromatic heterocycles. The van der Waals surface area contributed by atoms with Crippen LogP contribution in [0.25, 0.3) is 0 Å². The molecule has 132 valence electrons. The van der Waals surface area contributed by atoms with Crippen LogP contribution in [0.15, 0.2) is 66.7 Å². The van der Waals surface area contributed by atoms with Crippen LogP contribution in [0.3, 0.4) is 0 Å². The van der Waals surface area contributed by atoms with Crippen molar-refractivity contribution in [1.29, 1.82) is 0 Å². The highest BCUT2D eigenvalue weighted by atomic mass is 35.5. The molecule has 2 N–H and O–H groups in total. The van der Waals surface area contributed by atoms with Crippen molar-refractivity contribution >= 4 is 23.0 Å². The molecule has 1 unspecified atom stereocenters. The highest BCUT2D eigenvalue weighted by Crippen LogP contribution is 2.39. The van der Waals surface area contributed by atoms with Crippen molar-refractivity contribution in [3.8, 4) is 0 Å². The van der Waals surface area contributed by atoms with Gasteiger partial charge in [-0.3, -0.25) is 4.48 Å². The molecule has 1 heterocycles. The van der Waals surface area contributed by atoms with Crippen molar-refractivity contribution in [2.24, 2.45) is 0 Å². The van der Waals surface area contributed by atoms with E-state index in [1.165, 1.54) is 41.0 Å². The number of aryl methyl sites for hydroxylation is 1. The van der Waals surface area contributed by atoms with E-state index in [-0.39, 0.29) is 5.92 Å². The molecule has 26 heavy (non-hydrogen) atoms. The summed E-state index contributed by atoms with van der Waals surface area (Å²) in [5.74, 6) is 0.0952. The summed E-state index contributed by atoms with van der Waals surface area (Å²) in [5.41, 5.74) is 12.9. The smallest absolute Gasteiger partial charge is 0.134 e. The molecule has 2 nitrogen and oxygen atoms in total. The number of nitrogens with two attached hydrogens (primary N) is 1. The molecule has 0 spiro atoms. The number of rotatable bonds is 4. The topological polar surface area (TPSA) is 26.0 Å². The van der Waals surface area contributed by atoms with Crippen molar-refractivity contribution in [1.82, 2.24) is 4.48 Å². The van der Waals surface area contributed by atoms with Crippen LogP contribution in [0.5, 0.6) is 0 Å². The van der Waals surface area contributed by atoms with Gasteiger partial charge in [-0.2, -0.15) is 0 Å². The standard InChI is InChI=1S/C23H24ClN2/c1-16-4-3-5-21(24)22(16)23(17-6-10-19(25)11-7-17)18-8-12-20(13-9-18)26(2)14-15-26/h3-13,23H,14-15,25H2,1-2H3/q+1. The van der Waals surface area contributed by atoms with Crippen LogP contribution in [-0.4, -0.2) is 20.1 Å². The molecule has 1 atom stereocenters. The summed E-state index contributed by atoms with van der Waals surface area (Å²) in [4.78, 5) is 0. The van der Waals surface area contributed by atoms with E-state index in [9.17, 15) is 0 Å². The largest absolute Gasteiger partial charge is 0.399 e. The van der Waals surface area contributed by atoms with E-state index in [1.807, 2.05) is 24.3 Å². The number of likely N-dealkylation sites (N-methyl/N-ethyl adjacent to an activating group) is 1. The van der Waals surface area contributed by atoms with Crippen LogP contribution >= 0.6 is 11.6 Å². The second-order valence-corrected chi connectivity index (χ2v) is 7.91. The Morgan fingerprint density at radius 2 is 1.46 bits per heavy atom. The zero-order valence-electron chi connectivity index (χ0n) is 15.2. The predicted molar refractivity (Wildman–Crippen MR) is 112 cm³/mol. The van der Waals surface area contributed by atoms with Gasteiger partial charge in [0, 0.05) is 16.6 Å². The summed E-state index contributed by atoms with van der Waals surface area (Å²) >= 11 is 6.64. The fourth-order valence-electron chi connectivity index (χ4n) is 3.66. The second kappa shape index (κ2) is 6.46. The van der Waals surface area contributed by atoms with Crippen LogP contribution in [0.4, 0.5) is 11.4 Å². The van der Waals surface area contributed by atoms with Crippen molar-refractivity contribution in [2.75, 3.05) is 25.9 Å². The maximum atomic E-state index is 6.64. The number of benzene rings is 3. The van der Waals surface area contributed by atoms with Gasteiger partial charge in [-0.25, -0.2) is 0 Å². The molecule has 3 heteroatoms. The lowest BCUT2D eigenvalue weighted by molar-refractivity contribution is 0.659. The van der Waals surface area contributed by atoms with Gasteiger partial charge in [0.2, 0.25) is 0 Å². The Labute approximate surface area is 160 Å². The Morgan fingerprint density at radius 1 is 0.885 bits per heavy atom. The van der Waals surface area contributed by atoms with Gasteiger partial charge in [0.05, 0.1) is 7.05 Å². The van der Waals surface area contributed by atoms with Gasteiger partial charge >= 0.3 is 0 Å². The number of halogens is 1. The first-order valence-electron chi connectivity index (χ1n) is 9.03. The van der Waals surface area contributed by atoms with Crippen LogP contribution in [0, 0.1) is 6.92 Å². The van der Waals surface area contributed by atoms with Gasteiger partial charge < -0.3 is 5.73 Å². The van der Waals surface area contributed by atoms with E-state index in [1.54, 1.807) is 0 Å². The minimum Gasteiger partial charge on any atom is -0.399 e. The highest BCUT2D eigenvalue weighted by molar-refractivity contribution is 6.31. The molecule has 1 saturated heterocycles. The van der Waals surface area contributed by atoms with Crippen LogP contribution in [-0.2, 0) is 0 Å². The average molecular weight is 364 g/mol. The Hall–Kier alpha value is -2.29. The quantitative estimate of drug-likeness (QED) is 0.287. The van der Waals surface area contributed by atoms with Crippen molar-refractivity contribution in [2.45, 2.75) is 12.8 Å². The summed E-state index contributed by atoms with van der Waals surface area (Å²) in [6.45, 7) is 4.58. The van der Waals surface area contributed by atoms with Gasteiger partial charge in [-0.15, -0.1) is 0 Å². The van der Waals surface area contributed by atoms with E-state index in [0.717, 1.165) is 15.2 Å². The molecule has 0 aliphatic carbocycles. The fraction of sp³-hybridized carbons (Fsp3) is 0.217. The maximum absolute atomic E-state index is 6.64. The molecule has 0 saturated carbocycles. The molecule has 0 radical (unpaired) electrons. The molecule has 3 aromatic carbocycles. The maximum Gasteiger partial charge on any atom is 0.134 e. The lowest BCUT2D eigenvalue weighted by Crippen LogP contribution is -2.18. The number of nitrogen functional groups attached to an aromatic ring is 1. The zero-order valence-corrected chi connectivity index (χ0v) is 16.0. The van der Waals surface area contributed by atoms with Crippen molar-refractivity contribution < 1.29 is 0 Å². The third-order valence-corrected chi connectivity index (χ3v) is 5.90. The molecule has 0 amide bonds. The summed E-state index contributed by atoms with van der Waals surface area (Å²) in [5, 5.41) is 0.806. The lowest BCUT2D eigenvalue weighted by Gasteiger charge is -2.23. The van der Waals surface area contributed by atoms with Gasteiger partial charge in [0.1, 0.15) is 18.8 Å². The van der Waals surface area contributed by atoms with Crippen LogP contribution in [0.1, 0.15) is 28.2 Å². The number of anilines is 1. The molecule has 1 aliphatic heterocycles. The van der Waals surface area contributed by atoms with Crippen molar-refractivity contribution in [3.05, 3.63) is 94.0 Å². The molecular formula is C23H24ClN2+. The van der Waals surface area contributed by atoms with Gasteiger partial charge in [0.25, 0.3) is 0 Å². The van der Waals surface area contributed by atoms with Crippen molar-refractivity contribution in [3.63, 3.8) is 0 Å². The summed E-state index contributed by atoms with van der Waals surface area (Å²) in [6.07, 6.45) is 0. The molecule has 3 aromatic rings. The number of quaternary nitrogens is 1. The molecule has 0 bridgehead atoms. The summed E-state index contributed by atoms with van der Waals surface area (Å²) < 4.78 is 1.04. The van der Waals surface area contributed by atoms with Gasteiger partial charge in [0.15, 0.2) is 0 Å². The Balaban J connectivity index is 1.84. The van der Waals surface area contributed by atoms with E-state index in [4.69, 9.17) is 17.3 Å². The number of hydrogen-bond donors (Lipinski definition) is 1. The highest BCUT2D eigenvalue weighted by Gasteiger charge is 2.39. The summed E-state index contributed by atoms with van der Waals surface area (Å²) in [6, 6.07) is 23.3. The molecule has 1 aliphatic rings. The Kier molecular flexibility index (Phi) is 4.26. The van der Waals surface area contributed by atoms with Crippen LogP contribution in [0.2, 0.25) is 5.02 Å². The first kappa shape index (κ1) is 17.1. The monoisotopic (exact) mass is 363 g/mol. The van der Waals surface area contributed by atoms with Gasteiger partial charge in [-0.1, -0.05) is 48.0 Å². The minimum absolute atomic E-state index is 0.0952. The molecular weight excluding hydrogens is 340 g/mol. The lowest BCUT2D eigenvalue weighted by atomic mass is 9.83. The number of nitrogens with zero attached hydrogens (tertiary/aromatic N) is 1. The fourth-order valence-corrected chi connectivity index (χ4v) is 3.99. The SMILES string of the molecule is Cc1cccc(Cl)c1C(c1ccc(N)cc1)c1ccc([N+]2(C)CC2)cc1. The molecule has 1 fully saturated rings. The van der Waals surface area contributed by atoms with E-state index in [0.29, 0.717) is 0 Å². The minimum atomic E-state index is 0.0952. The van der Waals surface area contributed by atoms with E-state index < -0.39 is 0 Å². The number of hydrogen-bond acceptors (Lipinski definition) is 1. The first-order valence-corrected chi connectivity index (χ1v) is 9.41. The summed E-state index contributed by atoms with van der Waals surface area (Å²) in [7, 11) is 2.28.